The van der Waals surface area contributed by atoms with Crippen molar-refractivity contribution in [3.8, 4) is 68.8 Å². The van der Waals surface area contributed by atoms with Crippen LogP contribution < -0.4 is 0 Å². The maximum absolute atomic E-state index is 13.6. The summed E-state index contributed by atoms with van der Waals surface area (Å²) in [5, 5.41) is 24.3. The lowest BCUT2D eigenvalue weighted by atomic mass is 9.99. The van der Waals surface area contributed by atoms with Gasteiger partial charge < -0.3 is 18.6 Å². The summed E-state index contributed by atoms with van der Waals surface area (Å²) in [6.07, 6.45) is 0. The molecule has 11 nitrogen and oxygen atoms in total. The molecule has 0 aliphatic carbocycles. The highest BCUT2D eigenvalue weighted by molar-refractivity contribution is 6.13. The molecule has 11 heteroatoms. The molecule has 0 aliphatic heterocycles. The highest BCUT2D eigenvalue weighted by Crippen LogP contribution is 2.40. The minimum atomic E-state index is -0.440. The zero-order chi connectivity index (χ0) is 54.1. The average Bonchev–Trinajstić information content (AvgIpc) is 4.13. The molecule has 0 saturated carbocycles. The topological polar surface area (TPSA) is 149 Å². The standard InChI is InChI=1S/C69H43N7O4/c70-40-46-19-14-22-48(35-46)54-32-29-50(39-64(54)76-60-26-13-11-24-56(60)58-37-52(31-34-62(58)76)69(78)80-43-45-17-6-2-7-18-45)67-73-65(47-20-8-3-9-21-47)72-66(74-67)49-27-28-53(41-71)63(38-49)75-59-25-12-10-23-55(59)57-36-51(30-33-61(57)75)68(77)79-42-44-15-4-1-5-16-44/h1-39H,42-43H2. The van der Waals surface area contributed by atoms with Crippen LogP contribution in [0.4, 0.5) is 0 Å². The molecule has 0 amide bonds. The van der Waals surface area contributed by atoms with Crippen LogP contribution in [0.2, 0.25) is 0 Å². The molecule has 0 N–H and O–H groups in total. The fourth-order valence-electron chi connectivity index (χ4n) is 10.5. The summed E-state index contributed by atoms with van der Waals surface area (Å²) in [4.78, 5) is 42.7. The van der Waals surface area contributed by atoms with Crippen molar-refractivity contribution in [3.63, 3.8) is 0 Å². The zero-order valence-corrected chi connectivity index (χ0v) is 42.7. The summed E-state index contributed by atoms with van der Waals surface area (Å²) in [7, 11) is 0. The minimum absolute atomic E-state index is 0.145. The lowest BCUT2D eigenvalue weighted by Crippen LogP contribution is -2.05. The Kier molecular flexibility index (Phi) is 12.5. The highest BCUT2D eigenvalue weighted by atomic mass is 16.5. The third-order valence-electron chi connectivity index (χ3n) is 14.3. The van der Waals surface area contributed by atoms with Crippen LogP contribution in [0.3, 0.4) is 0 Å². The van der Waals surface area contributed by atoms with Crippen LogP contribution in [0.15, 0.2) is 237 Å². The number of esters is 2. The minimum Gasteiger partial charge on any atom is -0.457 e. The smallest absolute Gasteiger partial charge is 0.338 e. The van der Waals surface area contributed by atoms with Gasteiger partial charge in [0, 0.05) is 43.8 Å². The van der Waals surface area contributed by atoms with E-state index in [0.717, 1.165) is 77.1 Å². The van der Waals surface area contributed by atoms with Crippen LogP contribution in [0.1, 0.15) is 43.0 Å². The SMILES string of the molecule is N#Cc1cccc(-c2ccc(-c3nc(-c4ccccc4)nc(-c4ccc(C#N)c(-n5c6ccccc6c6cc(C(=O)OCc7ccccc7)ccc65)c4)n3)cc2-n2c3ccccc3c3cc(C(=O)OCc4ccccc4)ccc32)c1. The Labute approximate surface area is 459 Å². The second kappa shape index (κ2) is 20.7. The molecule has 13 rings (SSSR count). The van der Waals surface area contributed by atoms with E-state index in [9.17, 15) is 20.1 Å². The Balaban J connectivity index is 0.955. The number of nitrogens with zero attached hydrogens (tertiary/aromatic N) is 7. The van der Waals surface area contributed by atoms with Crippen LogP contribution in [-0.4, -0.2) is 36.0 Å². The molecule has 3 aromatic heterocycles. The third-order valence-corrected chi connectivity index (χ3v) is 14.3. The van der Waals surface area contributed by atoms with Crippen molar-refractivity contribution in [3.05, 3.63) is 270 Å². The van der Waals surface area contributed by atoms with Gasteiger partial charge >= 0.3 is 11.9 Å². The van der Waals surface area contributed by atoms with Crippen molar-refractivity contribution in [1.82, 2.24) is 24.1 Å². The number of carbonyl (C=O) groups excluding carboxylic acids is 2. The summed E-state index contributed by atoms with van der Waals surface area (Å²) >= 11 is 0. The fraction of sp³-hybridized carbons (Fsp3) is 0.0290. The molecule has 0 fully saturated rings. The molecule has 0 bridgehead atoms. The largest absolute Gasteiger partial charge is 0.457 e. The van der Waals surface area contributed by atoms with Crippen molar-refractivity contribution >= 4 is 55.6 Å². The molecule has 10 aromatic carbocycles. The first-order chi connectivity index (χ1) is 39.4. The highest BCUT2D eigenvalue weighted by Gasteiger charge is 2.23. The van der Waals surface area contributed by atoms with Gasteiger partial charge in [-0.2, -0.15) is 10.5 Å². The monoisotopic (exact) mass is 1030 g/mol. The molecular weight excluding hydrogens is 991 g/mol. The number of carbonyl (C=O) groups is 2. The van der Waals surface area contributed by atoms with Gasteiger partial charge in [0.2, 0.25) is 0 Å². The van der Waals surface area contributed by atoms with Crippen molar-refractivity contribution in [2.75, 3.05) is 0 Å². The van der Waals surface area contributed by atoms with Gasteiger partial charge in [0.05, 0.1) is 61.8 Å². The second-order valence-electron chi connectivity index (χ2n) is 19.2. The molecule has 13 aromatic rings. The molecule has 0 aliphatic rings. The number of nitriles is 2. The van der Waals surface area contributed by atoms with Crippen molar-refractivity contribution in [2.45, 2.75) is 13.2 Å². The van der Waals surface area contributed by atoms with E-state index in [1.807, 2.05) is 205 Å². The van der Waals surface area contributed by atoms with Crippen molar-refractivity contribution in [1.29, 1.82) is 10.5 Å². The molecule has 0 spiro atoms. The van der Waals surface area contributed by atoms with Gasteiger partial charge in [-0.15, -0.1) is 0 Å². The lowest BCUT2D eigenvalue weighted by molar-refractivity contribution is 0.0464. The van der Waals surface area contributed by atoms with Gasteiger partial charge in [-0.25, -0.2) is 24.5 Å². The average molecular weight is 1030 g/mol. The van der Waals surface area contributed by atoms with Crippen LogP contribution in [-0.2, 0) is 22.7 Å². The van der Waals surface area contributed by atoms with E-state index in [4.69, 9.17) is 24.4 Å². The number of rotatable bonds is 12. The maximum Gasteiger partial charge on any atom is 0.338 e. The number of ether oxygens (including phenoxy) is 2. The summed E-state index contributed by atoms with van der Waals surface area (Å²) in [5.74, 6) is 0.340. The van der Waals surface area contributed by atoms with E-state index in [1.54, 1.807) is 24.3 Å². The molecule has 80 heavy (non-hydrogen) atoms. The van der Waals surface area contributed by atoms with Gasteiger partial charge in [0.1, 0.15) is 19.3 Å². The number of hydrogen-bond donors (Lipinski definition) is 0. The molecule has 0 radical (unpaired) electrons. The van der Waals surface area contributed by atoms with Gasteiger partial charge in [-0.3, -0.25) is 0 Å². The van der Waals surface area contributed by atoms with Gasteiger partial charge in [0.15, 0.2) is 17.5 Å². The van der Waals surface area contributed by atoms with Crippen molar-refractivity contribution in [2.24, 2.45) is 0 Å². The van der Waals surface area contributed by atoms with Gasteiger partial charge in [-0.05, 0) is 102 Å². The molecule has 378 valence electrons. The molecular formula is C69H43N7O4. The zero-order valence-electron chi connectivity index (χ0n) is 42.7. The van der Waals surface area contributed by atoms with Crippen LogP contribution >= 0.6 is 0 Å². The Morgan fingerprint density at radius 1 is 0.388 bits per heavy atom. The van der Waals surface area contributed by atoms with Crippen LogP contribution in [0.25, 0.3) is 100 Å². The quantitative estimate of drug-likeness (QED) is 0.109. The predicted octanol–water partition coefficient (Wildman–Crippen LogP) is 15.2. The predicted molar refractivity (Wildman–Crippen MR) is 311 cm³/mol. The van der Waals surface area contributed by atoms with E-state index in [-0.39, 0.29) is 13.2 Å². The summed E-state index contributed by atoms with van der Waals surface area (Å²) < 4.78 is 15.8. The number of hydrogen-bond acceptors (Lipinski definition) is 9. The van der Waals surface area contributed by atoms with Gasteiger partial charge in [-0.1, -0.05) is 152 Å². The van der Waals surface area contributed by atoms with E-state index >= 15 is 0 Å². The molecule has 0 saturated heterocycles. The fourth-order valence-corrected chi connectivity index (χ4v) is 10.5. The third kappa shape index (κ3) is 9.03. The van der Waals surface area contributed by atoms with E-state index < -0.39 is 11.9 Å². The van der Waals surface area contributed by atoms with E-state index in [1.165, 1.54) is 0 Å². The maximum atomic E-state index is 13.6. The first-order valence-electron chi connectivity index (χ1n) is 25.9. The molecule has 0 unspecified atom stereocenters. The number of benzene rings is 10. The first-order valence-corrected chi connectivity index (χ1v) is 25.9. The Bertz CT molecular complexity index is 4670. The first kappa shape index (κ1) is 48.4. The van der Waals surface area contributed by atoms with Crippen LogP contribution in [0.5, 0.6) is 0 Å². The van der Waals surface area contributed by atoms with E-state index in [2.05, 4.69) is 28.8 Å². The van der Waals surface area contributed by atoms with Crippen LogP contribution in [0, 0.1) is 22.7 Å². The molecule has 0 atom stereocenters. The Hall–Kier alpha value is -11.3. The number of aromatic nitrogens is 5. The van der Waals surface area contributed by atoms with Gasteiger partial charge in [0.25, 0.3) is 0 Å². The normalized spacial score (nSPS) is 11.2. The van der Waals surface area contributed by atoms with E-state index in [0.29, 0.717) is 56.5 Å². The molecule has 3 heterocycles. The Morgan fingerprint density at radius 3 is 1.40 bits per heavy atom. The summed E-state index contributed by atoms with van der Waals surface area (Å²) in [6.45, 7) is 0.291. The summed E-state index contributed by atoms with van der Waals surface area (Å²) in [6, 6.07) is 79.9. The lowest BCUT2D eigenvalue weighted by Gasteiger charge is -2.17. The van der Waals surface area contributed by atoms with Crippen molar-refractivity contribution < 1.29 is 19.1 Å². The number of para-hydroxylation sites is 2. The Morgan fingerprint density at radius 2 is 0.850 bits per heavy atom. The second-order valence-corrected chi connectivity index (χ2v) is 19.2. The summed E-state index contributed by atoms with van der Waals surface area (Å²) in [5.41, 5.74) is 12.1. The number of fused-ring (bicyclic) bond motifs is 6.